The van der Waals surface area contributed by atoms with Gasteiger partial charge in [-0.25, -0.2) is 9.97 Å². The number of oxime groups is 1. The first-order chi connectivity index (χ1) is 11.9. The van der Waals surface area contributed by atoms with E-state index < -0.39 is 0 Å². The van der Waals surface area contributed by atoms with Crippen LogP contribution in [0.4, 0.5) is 0 Å². The third-order valence-corrected chi connectivity index (χ3v) is 4.50. The highest BCUT2D eigenvalue weighted by molar-refractivity contribution is 6.02. The summed E-state index contributed by atoms with van der Waals surface area (Å²) in [6, 6.07) is 12.4. The molecule has 0 aliphatic heterocycles. The molecule has 0 saturated carbocycles. The molecular formula is C19H16N4O. The smallest absolute Gasteiger partial charge is 0.115 e. The molecule has 1 unspecified atom stereocenters. The quantitative estimate of drug-likeness (QED) is 0.580. The summed E-state index contributed by atoms with van der Waals surface area (Å²) in [6.45, 7) is 0. The normalized spacial score (nSPS) is 18.3. The maximum absolute atomic E-state index is 9.41. The van der Waals surface area contributed by atoms with Gasteiger partial charge in [0.2, 0.25) is 0 Å². The average molecular weight is 316 g/mol. The van der Waals surface area contributed by atoms with Crippen LogP contribution in [0.25, 0.3) is 11.1 Å². The maximum Gasteiger partial charge on any atom is 0.115 e. The predicted molar refractivity (Wildman–Crippen MR) is 91.1 cm³/mol. The summed E-state index contributed by atoms with van der Waals surface area (Å²) >= 11 is 0. The number of rotatable bonds is 2. The first-order valence-electron chi connectivity index (χ1n) is 7.86. The number of hydrogen-bond donors (Lipinski definition) is 1. The fraction of sp³-hybridized carbons (Fsp3) is 0.158. The summed E-state index contributed by atoms with van der Waals surface area (Å²) in [5, 5.41) is 12.9. The number of fused-ring (bicyclic) bond motifs is 1. The Morgan fingerprint density at radius 3 is 2.62 bits per heavy atom. The Hall–Kier alpha value is -3.08. The van der Waals surface area contributed by atoms with Crippen LogP contribution < -0.4 is 0 Å². The third kappa shape index (κ3) is 2.54. The van der Waals surface area contributed by atoms with E-state index in [0.29, 0.717) is 12.1 Å². The summed E-state index contributed by atoms with van der Waals surface area (Å²) in [7, 11) is 0. The fourth-order valence-electron chi connectivity index (χ4n) is 3.37. The van der Waals surface area contributed by atoms with Gasteiger partial charge in [-0.05, 0) is 41.2 Å². The lowest BCUT2D eigenvalue weighted by Gasteiger charge is -2.26. The van der Waals surface area contributed by atoms with Crippen LogP contribution in [0.15, 0.2) is 66.5 Å². The minimum atomic E-state index is 0.211. The molecule has 0 amide bonds. The molecular weight excluding hydrogens is 300 g/mol. The topological polar surface area (TPSA) is 71.3 Å². The van der Waals surface area contributed by atoms with Gasteiger partial charge >= 0.3 is 0 Å². The number of nitrogens with zero attached hydrogens (tertiary/aromatic N) is 4. The molecule has 0 fully saturated rings. The lowest BCUT2D eigenvalue weighted by atomic mass is 9.79. The Kier molecular flexibility index (Phi) is 3.75. The van der Waals surface area contributed by atoms with Gasteiger partial charge in [0, 0.05) is 30.6 Å². The van der Waals surface area contributed by atoms with Crippen molar-refractivity contribution in [1.29, 1.82) is 0 Å². The lowest BCUT2D eigenvalue weighted by molar-refractivity contribution is 0.316. The van der Waals surface area contributed by atoms with Gasteiger partial charge in [-0.3, -0.25) is 4.98 Å². The predicted octanol–water partition coefficient (Wildman–Crippen LogP) is 3.45. The van der Waals surface area contributed by atoms with Crippen LogP contribution >= 0.6 is 0 Å². The molecule has 24 heavy (non-hydrogen) atoms. The van der Waals surface area contributed by atoms with Crippen molar-refractivity contribution in [3.05, 3.63) is 78.1 Å². The van der Waals surface area contributed by atoms with E-state index in [1.807, 2.05) is 24.3 Å². The highest BCUT2D eigenvalue weighted by Crippen LogP contribution is 2.36. The Bertz CT molecular complexity index is 893. The van der Waals surface area contributed by atoms with Crippen molar-refractivity contribution in [2.45, 2.75) is 18.8 Å². The second-order valence-corrected chi connectivity index (χ2v) is 5.86. The highest BCUT2D eigenvalue weighted by atomic mass is 16.4. The van der Waals surface area contributed by atoms with Gasteiger partial charge in [0.15, 0.2) is 0 Å². The molecule has 1 N–H and O–H groups in total. The van der Waals surface area contributed by atoms with Crippen molar-refractivity contribution in [3.63, 3.8) is 0 Å². The molecule has 4 rings (SSSR count). The molecule has 0 bridgehead atoms. The van der Waals surface area contributed by atoms with Crippen molar-refractivity contribution in [2.24, 2.45) is 5.16 Å². The molecule has 2 aromatic heterocycles. The van der Waals surface area contributed by atoms with Gasteiger partial charge in [0.1, 0.15) is 6.33 Å². The van der Waals surface area contributed by atoms with Crippen LogP contribution in [0.5, 0.6) is 0 Å². The van der Waals surface area contributed by atoms with Crippen molar-refractivity contribution in [2.75, 3.05) is 0 Å². The van der Waals surface area contributed by atoms with Crippen molar-refractivity contribution in [3.8, 4) is 11.1 Å². The molecule has 2 heterocycles. The average Bonchev–Trinajstić information content (AvgIpc) is 2.68. The number of hydrogen-bond acceptors (Lipinski definition) is 5. The van der Waals surface area contributed by atoms with Crippen LogP contribution in [-0.2, 0) is 6.42 Å². The molecule has 0 radical (unpaired) electrons. The molecule has 3 aromatic rings. The molecule has 5 heteroatoms. The minimum absolute atomic E-state index is 0.211. The Labute approximate surface area is 139 Å². The van der Waals surface area contributed by atoms with Crippen LogP contribution in [0, 0.1) is 0 Å². The van der Waals surface area contributed by atoms with Gasteiger partial charge < -0.3 is 5.21 Å². The molecule has 0 spiro atoms. The Balaban J connectivity index is 1.79. The summed E-state index contributed by atoms with van der Waals surface area (Å²) in [4.78, 5) is 12.5. The Morgan fingerprint density at radius 2 is 1.79 bits per heavy atom. The highest BCUT2D eigenvalue weighted by Gasteiger charge is 2.28. The van der Waals surface area contributed by atoms with E-state index in [1.165, 1.54) is 11.1 Å². The zero-order chi connectivity index (χ0) is 16.4. The molecule has 1 aliphatic carbocycles. The summed E-state index contributed by atoms with van der Waals surface area (Å²) in [6.07, 6.45) is 8.34. The molecule has 0 saturated heterocycles. The van der Waals surface area contributed by atoms with Gasteiger partial charge in [-0.15, -0.1) is 0 Å². The van der Waals surface area contributed by atoms with Crippen molar-refractivity contribution in [1.82, 2.24) is 15.0 Å². The van der Waals surface area contributed by atoms with Crippen molar-refractivity contribution >= 4 is 5.71 Å². The van der Waals surface area contributed by atoms with Crippen molar-refractivity contribution < 1.29 is 5.21 Å². The molecule has 1 aliphatic rings. The van der Waals surface area contributed by atoms with E-state index in [0.717, 1.165) is 23.2 Å². The zero-order valence-corrected chi connectivity index (χ0v) is 13.0. The second kappa shape index (κ2) is 6.20. The largest absolute Gasteiger partial charge is 0.411 e. The first kappa shape index (κ1) is 14.5. The van der Waals surface area contributed by atoms with E-state index in [9.17, 15) is 5.21 Å². The summed E-state index contributed by atoms with van der Waals surface area (Å²) < 4.78 is 0. The molecule has 1 atom stereocenters. The van der Waals surface area contributed by atoms with Gasteiger partial charge in [0.05, 0.1) is 11.4 Å². The van der Waals surface area contributed by atoms with Crippen LogP contribution in [0.3, 0.4) is 0 Å². The van der Waals surface area contributed by atoms with E-state index in [2.05, 4.69) is 32.2 Å². The SMILES string of the molecule is O/N=C1/CC(c2ccccc2-c2ccncc2)Cc2ncncc21. The van der Waals surface area contributed by atoms with E-state index >= 15 is 0 Å². The Morgan fingerprint density at radius 1 is 0.958 bits per heavy atom. The molecule has 5 nitrogen and oxygen atoms in total. The van der Waals surface area contributed by atoms with Gasteiger partial charge in [0.25, 0.3) is 0 Å². The molecule has 1 aromatic carbocycles. The second-order valence-electron chi connectivity index (χ2n) is 5.86. The third-order valence-electron chi connectivity index (χ3n) is 4.50. The first-order valence-corrected chi connectivity index (χ1v) is 7.86. The lowest BCUT2D eigenvalue weighted by Crippen LogP contribution is -2.21. The zero-order valence-electron chi connectivity index (χ0n) is 13.0. The monoisotopic (exact) mass is 316 g/mol. The minimum Gasteiger partial charge on any atom is -0.411 e. The fourth-order valence-corrected chi connectivity index (χ4v) is 3.37. The molecule has 118 valence electrons. The maximum atomic E-state index is 9.41. The van der Waals surface area contributed by atoms with Crippen LogP contribution in [-0.4, -0.2) is 25.9 Å². The number of pyridine rings is 1. The number of aromatic nitrogens is 3. The standard InChI is InChI=1S/C19H16N4O/c24-23-19-10-14(9-18-17(19)11-21-12-22-18)16-4-2-1-3-15(16)13-5-7-20-8-6-13/h1-8,11-12,14,24H,9-10H2/b23-19-. The summed E-state index contributed by atoms with van der Waals surface area (Å²) in [5.41, 5.74) is 5.97. The van der Waals surface area contributed by atoms with E-state index in [4.69, 9.17) is 0 Å². The van der Waals surface area contributed by atoms with E-state index in [1.54, 1.807) is 24.9 Å². The van der Waals surface area contributed by atoms with Crippen LogP contribution in [0.1, 0.15) is 29.2 Å². The summed E-state index contributed by atoms with van der Waals surface area (Å²) in [5.74, 6) is 0.211. The number of benzene rings is 1. The van der Waals surface area contributed by atoms with E-state index in [-0.39, 0.29) is 5.92 Å². The van der Waals surface area contributed by atoms with Gasteiger partial charge in [-0.1, -0.05) is 29.4 Å². The van der Waals surface area contributed by atoms with Crippen LogP contribution in [0.2, 0.25) is 0 Å². The van der Waals surface area contributed by atoms with Gasteiger partial charge in [-0.2, -0.15) is 0 Å².